The largest absolute Gasteiger partial charge is 0.309 e. The van der Waals surface area contributed by atoms with Crippen molar-refractivity contribution in [1.29, 1.82) is 0 Å². The molecule has 0 aliphatic heterocycles. The Morgan fingerprint density at radius 1 is 0.300 bits per heavy atom. The molecule has 0 fully saturated rings. The second kappa shape index (κ2) is 17.6. The van der Waals surface area contributed by atoms with Crippen molar-refractivity contribution < 1.29 is 0 Å². The van der Waals surface area contributed by atoms with E-state index < -0.39 is 0 Å². The van der Waals surface area contributed by atoms with Gasteiger partial charge in [-0.25, -0.2) is 0 Å². The molecule has 0 unspecified atom stereocenters. The molecule has 0 amide bonds. The Bertz CT molecular complexity index is 4570. The van der Waals surface area contributed by atoms with E-state index in [9.17, 15) is 0 Å². The molecule has 0 aliphatic rings. The second-order valence-corrected chi connectivity index (χ2v) is 24.3. The molecule has 0 spiro atoms. The molecule has 11 aromatic carbocycles. The molecule has 0 saturated carbocycles. The fraction of sp³-hybridized carbons (Fsp3) is 0.132. The van der Waals surface area contributed by atoms with Gasteiger partial charge < -0.3 is 18.6 Å². The quantitative estimate of drug-likeness (QED) is 0.151. The van der Waals surface area contributed by atoms with Crippen LogP contribution in [0.4, 0.5) is 34.1 Å². The maximum absolute atomic E-state index is 2.56. The molecule has 15 rings (SSSR count). The van der Waals surface area contributed by atoms with Crippen LogP contribution in [0.1, 0.15) is 63.8 Å². The lowest BCUT2D eigenvalue weighted by atomic mass is 9.86. The predicted molar refractivity (Wildman–Crippen MR) is 343 cm³/mol. The number of hydrogen-bond donors (Lipinski definition) is 0. The van der Waals surface area contributed by atoms with Crippen molar-refractivity contribution in [2.75, 3.05) is 9.80 Å². The standard InChI is InChI=1S/C76H62N4/c1-47-25-37-53(38-26-47)77(63-21-13-9-17-55(63)49-29-33-51(34-30-49)75(3,4)5)67-43-41-57-61-45-70-62(46-69(61)79-65-23-15-11-19-59(65)71(67)73(57)79)58-42-44-68(72-60-20-12-16-24-66(60)80(70)74(58)72)78(54-39-27-48(2)28-40-54)64-22-14-10-18-56(64)50-31-35-52(36-32-50)76(6,7)8/h9-46H,1-8H3. The summed E-state index contributed by atoms with van der Waals surface area (Å²) in [4.78, 5) is 5.01. The number of nitrogens with zero attached hydrogens (tertiary/aromatic N) is 4. The highest BCUT2D eigenvalue weighted by molar-refractivity contribution is 6.32. The van der Waals surface area contributed by atoms with E-state index in [0.717, 1.165) is 34.1 Å². The van der Waals surface area contributed by atoms with Crippen molar-refractivity contribution in [3.05, 3.63) is 253 Å². The Hall–Kier alpha value is -9.38. The van der Waals surface area contributed by atoms with E-state index in [4.69, 9.17) is 0 Å². The van der Waals surface area contributed by atoms with Crippen LogP contribution >= 0.6 is 0 Å². The van der Waals surface area contributed by atoms with Crippen molar-refractivity contribution in [2.45, 2.75) is 66.2 Å². The zero-order chi connectivity index (χ0) is 54.3. The molecule has 4 nitrogen and oxygen atoms in total. The van der Waals surface area contributed by atoms with E-state index in [1.807, 2.05) is 0 Å². The summed E-state index contributed by atoms with van der Waals surface area (Å²) in [5.41, 5.74) is 24.1. The normalized spacial score (nSPS) is 12.5. The van der Waals surface area contributed by atoms with Crippen LogP contribution in [0.15, 0.2) is 231 Å². The third-order valence-electron chi connectivity index (χ3n) is 17.2. The van der Waals surface area contributed by atoms with Crippen molar-refractivity contribution in [3.63, 3.8) is 0 Å². The number of aromatic nitrogens is 2. The number of hydrogen-bond acceptors (Lipinski definition) is 2. The van der Waals surface area contributed by atoms with E-state index in [-0.39, 0.29) is 10.8 Å². The molecule has 4 heterocycles. The lowest BCUT2D eigenvalue weighted by Crippen LogP contribution is -2.12. The van der Waals surface area contributed by atoms with Crippen molar-refractivity contribution in [1.82, 2.24) is 8.80 Å². The minimum absolute atomic E-state index is 0.0596. The SMILES string of the molecule is Cc1ccc(N(c2ccccc2-c2ccc(C(C)(C)C)cc2)c2ccc3c4cc5c(cc4n4c6ccccc6c2c34)c2ccc(N(c3ccc(C)cc3)c3ccccc3-c3ccc(C(C)(C)C)cc3)c3c4ccccc4n5c23)cc1. The van der Waals surface area contributed by atoms with Crippen LogP contribution in [-0.4, -0.2) is 8.80 Å². The Balaban J connectivity index is 0.974. The fourth-order valence-electron chi connectivity index (χ4n) is 13.2. The van der Waals surface area contributed by atoms with Crippen LogP contribution in [0.3, 0.4) is 0 Å². The molecule has 4 aromatic heterocycles. The summed E-state index contributed by atoms with van der Waals surface area (Å²) in [6, 6.07) is 86.9. The molecule has 0 aliphatic carbocycles. The number of aryl methyl sites for hydroxylation is 2. The third kappa shape index (κ3) is 7.21. The average Bonchev–Trinajstić information content (AvgIpc) is 3.06. The average molecular weight is 1030 g/mol. The fourth-order valence-corrected chi connectivity index (χ4v) is 13.2. The number of rotatable bonds is 8. The number of fused-ring (bicyclic) bond motifs is 12. The van der Waals surface area contributed by atoms with Gasteiger partial charge >= 0.3 is 0 Å². The van der Waals surface area contributed by atoms with Crippen molar-refractivity contribution in [2.24, 2.45) is 0 Å². The van der Waals surface area contributed by atoms with E-state index in [0.29, 0.717) is 0 Å². The van der Waals surface area contributed by atoms with E-state index in [2.05, 4.69) is 305 Å². The molecule has 80 heavy (non-hydrogen) atoms. The molecular weight excluding hydrogens is 969 g/mol. The van der Waals surface area contributed by atoms with Gasteiger partial charge in [0.25, 0.3) is 0 Å². The van der Waals surface area contributed by atoms with Crippen LogP contribution < -0.4 is 9.80 Å². The Morgan fingerprint density at radius 2 is 0.662 bits per heavy atom. The van der Waals surface area contributed by atoms with E-state index in [1.54, 1.807) is 0 Å². The summed E-state index contributed by atoms with van der Waals surface area (Å²) in [5, 5.41) is 9.94. The summed E-state index contributed by atoms with van der Waals surface area (Å²) in [6.45, 7) is 18.0. The van der Waals surface area contributed by atoms with Crippen LogP contribution in [-0.2, 0) is 10.8 Å². The Kier molecular flexibility index (Phi) is 10.5. The minimum atomic E-state index is 0.0596. The first-order chi connectivity index (χ1) is 38.8. The van der Waals surface area contributed by atoms with Crippen LogP contribution in [0.25, 0.3) is 98.4 Å². The Labute approximate surface area is 467 Å². The summed E-state index contributed by atoms with van der Waals surface area (Å²) in [6.07, 6.45) is 0. The monoisotopic (exact) mass is 1030 g/mol. The van der Waals surface area contributed by atoms with Gasteiger partial charge in [0.05, 0.1) is 55.8 Å². The van der Waals surface area contributed by atoms with Gasteiger partial charge in [0.2, 0.25) is 0 Å². The summed E-state index contributed by atoms with van der Waals surface area (Å²) < 4.78 is 5.12. The number of benzene rings is 11. The van der Waals surface area contributed by atoms with E-state index in [1.165, 1.54) is 121 Å². The van der Waals surface area contributed by atoms with Gasteiger partial charge in [0.15, 0.2) is 0 Å². The first-order valence-electron chi connectivity index (χ1n) is 28.3. The maximum atomic E-state index is 2.56. The van der Waals surface area contributed by atoms with Gasteiger partial charge in [-0.3, -0.25) is 0 Å². The van der Waals surface area contributed by atoms with Gasteiger partial charge in [-0.05, 0) is 120 Å². The topological polar surface area (TPSA) is 15.3 Å². The maximum Gasteiger partial charge on any atom is 0.0641 e. The summed E-state index contributed by atoms with van der Waals surface area (Å²) in [7, 11) is 0. The minimum Gasteiger partial charge on any atom is -0.309 e. The molecule has 4 heteroatoms. The van der Waals surface area contributed by atoms with Gasteiger partial charge in [-0.2, -0.15) is 0 Å². The van der Waals surface area contributed by atoms with Crippen LogP contribution in [0.5, 0.6) is 0 Å². The lowest BCUT2D eigenvalue weighted by Gasteiger charge is -2.29. The zero-order valence-corrected chi connectivity index (χ0v) is 46.7. The van der Waals surface area contributed by atoms with Gasteiger partial charge in [0.1, 0.15) is 0 Å². The smallest absolute Gasteiger partial charge is 0.0641 e. The molecular formula is C76H62N4. The van der Waals surface area contributed by atoms with Crippen LogP contribution in [0.2, 0.25) is 0 Å². The van der Waals surface area contributed by atoms with E-state index >= 15 is 0 Å². The molecule has 0 atom stereocenters. The van der Waals surface area contributed by atoms with Crippen LogP contribution in [0, 0.1) is 13.8 Å². The highest BCUT2D eigenvalue weighted by Crippen LogP contribution is 2.53. The van der Waals surface area contributed by atoms with Crippen molar-refractivity contribution >= 4 is 110 Å². The number of anilines is 6. The predicted octanol–water partition coefficient (Wildman–Crippen LogP) is 21.5. The summed E-state index contributed by atoms with van der Waals surface area (Å²) >= 11 is 0. The molecule has 0 bridgehead atoms. The van der Waals surface area contributed by atoms with Gasteiger partial charge in [-0.1, -0.05) is 210 Å². The lowest BCUT2D eigenvalue weighted by molar-refractivity contribution is 0.590. The second-order valence-electron chi connectivity index (χ2n) is 24.3. The van der Waals surface area contributed by atoms with Gasteiger partial charge in [0, 0.05) is 65.6 Å². The highest BCUT2D eigenvalue weighted by Gasteiger charge is 2.29. The number of para-hydroxylation sites is 4. The summed E-state index contributed by atoms with van der Waals surface area (Å²) in [5.74, 6) is 0. The van der Waals surface area contributed by atoms with Gasteiger partial charge in [-0.15, -0.1) is 0 Å². The first kappa shape index (κ1) is 47.8. The molecule has 0 radical (unpaired) electrons. The zero-order valence-electron chi connectivity index (χ0n) is 46.7. The van der Waals surface area contributed by atoms with Crippen molar-refractivity contribution in [3.8, 4) is 22.3 Å². The molecule has 386 valence electrons. The Morgan fingerprint density at radius 3 is 1.05 bits per heavy atom. The first-order valence-corrected chi connectivity index (χ1v) is 28.3. The highest BCUT2D eigenvalue weighted by atomic mass is 15.2. The molecule has 0 N–H and O–H groups in total. The molecule has 15 aromatic rings. The molecule has 0 saturated heterocycles. The third-order valence-corrected chi connectivity index (χ3v) is 17.2.